The number of hydrogen-bond acceptors (Lipinski definition) is 7. The Labute approximate surface area is 133 Å². The highest BCUT2D eigenvalue weighted by Gasteiger charge is 2.43. The molecule has 1 N–H and O–H groups in total. The Hall–Kier alpha value is -2.35. The van der Waals surface area contributed by atoms with Crippen LogP contribution >= 0.6 is 0 Å². The molecule has 3 rings (SSSR count). The molecule has 0 aliphatic carbocycles. The molecule has 1 aromatic heterocycles. The Balaban J connectivity index is 1.91. The Morgan fingerprint density at radius 2 is 2.26 bits per heavy atom. The number of morpholine rings is 1. The van der Waals surface area contributed by atoms with E-state index in [1.54, 1.807) is 19.1 Å². The van der Waals surface area contributed by atoms with E-state index in [1.807, 2.05) is 4.90 Å². The number of ether oxygens (including phenoxy) is 2. The second-order valence-electron chi connectivity index (χ2n) is 5.23. The van der Waals surface area contributed by atoms with Gasteiger partial charge in [-0.2, -0.15) is 0 Å². The first-order valence-corrected chi connectivity index (χ1v) is 7.62. The minimum atomic E-state index is -1.05. The van der Waals surface area contributed by atoms with Crippen LogP contribution in [0.5, 0.6) is 0 Å². The molecule has 3 heterocycles. The first-order chi connectivity index (χ1) is 11.2. The lowest BCUT2D eigenvalue weighted by Gasteiger charge is -2.34. The summed E-state index contributed by atoms with van der Waals surface area (Å²) in [6.45, 7) is 4.31. The number of esters is 1. The van der Waals surface area contributed by atoms with Crippen LogP contribution in [0.2, 0.25) is 0 Å². The van der Waals surface area contributed by atoms with E-state index in [4.69, 9.17) is 13.9 Å². The van der Waals surface area contributed by atoms with Gasteiger partial charge in [0.1, 0.15) is 11.8 Å². The number of nitrogens with zero attached hydrogens (tertiary/aromatic N) is 2. The first-order valence-electron chi connectivity index (χ1n) is 7.62. The maximum Gasteiger partial charge on any atom is 0.321 e. The zero-order valence-electron chi connectivity index (χ0n) is 12.9. The van der Waals surface area contributed by atoms with E-state index in [0.29, 0.717) is 38.0 Å². The third kappa shape index (κ3) is 3.21. The topological polar surface area (TPSA) is 93.4 Å². The Morgan fingerprint density at radius 1 is 1.48 bits per heavy atom. The molecule has 1 fully saturated rings. The standard InChI is InChI=1S/C15H19N3O5/c1-2-22-14(20)11-12(10-4-3-7-23-10)16-15(17-13(11)19)18-5-8-21-9-6-18/h3-4,7,11-12H,2,5-6,8-9H2,1H3,(H,16,17,19)/t11-,12+/m1/s1. The van der Waals surface area contributed by atoms with Gasteiger partial charge in [0.25, 0.3) is 0 Å². The molecule has 2 aliphatic heterocycles. The first kappa shape index (κ1) is 15.5. The van der Waals surface area contributed by atoms with Crippen LogP contribution < -0.4 is 5.32 Å². The largest absolute Gasteiger partial charge is 0.467 e. The molecule has 0 bridgehead atoms. The van der Waals surface area contributed by atoms with Gasteiger partial charge < -0.3 is 18.8 Å². The maximum atomic E-state index is 12.5. The van der Waals surface area contributed by atoms with Crippen LogP contribution in [0.25, 0.3) is 0 Å². The number of amides is 1. The summed E-state index contributed by atoms with van der Waals surface area (Å²) in [6, 6.07) is 2.68. The third-order valence-electron chi connectivity index (χ3n) is 3.78. The quantitative estimate of drug-likeness (QED) is 0.636. The maximum absolute atomic E-state index is 12.5. The Morgan fingerprint density at radius 3 is 2.91 bits per heavy atom. The molecule has 124 valence electrons. The fourth-order valence-electron chi connectivity index (χ4n) is 2.66. The van der Waals surface area contributed by atoms with E-state index in [1.165, 1.54) is 6.26 Å². The molecule has 1 aromatic rings. The summed E-state index contributed by atoms with van der Waals surface area (Å²) in [5, 5.41) is 2.71. The lowest BCUT2D eigenvalue weighted by molar-refractivity contribution is -0.153. The zero-order chi connectivity index (χ0) is 16.2. The van der Waals surface area contributed by atoms with Gasteiger partial charge in [0.05, 0.1) is 26.1 Å². The number of nitrogens with one attached hydrogen (secondary N) is 1. The van der Waals surface area contributed by atoms with Crippen molar-refractivity contribution in [1.82, 2.24) is 10.2 Å². The average Bonchev–Trinajstić information content (AvgIpc) is 3.09. The number of furan rings is 1. The summed E-state index contributed by atoms with van der Waals surface area (Å²) in [5.41, 5.74) is 0. The van der Waals surface area contributed by atoms with Crippen LogP contribution in [0.3, 0.4) is 0 Å². The summed E-state index contributed by atoms with van der Waals surface area (Å²) in [7, 11) is 0. The highest BCUT2D eigenvalue weighted by Crippen LogP contribution is 2.31. The van der Waals surface area contributed by atoms with Gasteiger partial charge in [-0.05, 0) is 19.1 Å². The van der Waals surface area contributed by atoms with Crippen LogP contribution in [0.15, 0.2) is 27.8 Å². The summed E-state index contributed by atoms with van der Waals surface area (Å²) in [4.78, 5) is 31.1. The van der Waals surface area contributed by atoms with Crippen molar-refractivity contribution in [2.75, 3.05) is 32.9 Å². The van der Waals surface area contributed by atoms with Gasteiger partial charge in [-0.3, -0.25) is 14.9 Å². The number of carbonyl (C=O) groups is 2. The third-order valence-corrected chi connectivity index (χ3v) is 3.78. The molecule has 1 amide bonds. The lowest BCUT2D eigenvalue weighted by atomic mass is 9.95. The monoisotopic (exact) mass is 321 g/mol. The van der Waals surface area contributed by atoms with Crippen LogP contribution in [0.1, 0.15) is 18.7 Å². The highest BCUT2D eigenvalue weighted by atomic mass is 16.5. The second kappa shape index (κ2) is 6.82. The van der Waals surface area contributed by atoms with Gasteiger partial charge in [0, 0.05) is 13.1 Å². The van der Waals surface area contributed by atoms with Gasteiger partial charge in [-0.25, -0.2) is 4.99 Å². The number of rotatable bonds is 3. The minimum Gasteiger partial charge on any atom is -0.467 e. The SMILES string of the molecule is CCOC(=O)[C@H]1C(=O)NC(N2CCOCC2)=N[C@H]1c1ccco1. The molecular weight excluding hydrogens is 302 g/mol. The van der Waals surface area contributed by atoms with E-state index in [-0.39, 0.29) is 6.61 Å². The van der Waals surface area contributed by atoms with Crippen molar-refractivity contribution < 1.29 is 23.5 Å². The van der Waals surface area contributed by atoms with Crippen LogP contribution in [-0.4, -0.2) is 55.6 Å². The fraction of sp³-hybridized carbons (Fsp3) is 0.533. The summed E-state index contributed by atoms with van der Waals surface area (Å²) < 4.78 is 15.7. The summed E-state index contributed by atoms with van der Waals surface area (Å²) >= 11 is 0. The van der Waals surface area contributed by atoms with Gasteiger partial charge >= 0.3 is 5.97 Å². The van der Waals surface area contributed by atoms with Crippen LogP contribution in [0, 0.1) is 5.92 Å². The average molecular weight is 321 g/mol. The van der Waals surface area contributed by atoms with E-state index >= 15 is 0 Å². The second-order valence-corrected chi connectivity index (χ2v) is 5.23. The molecule has 0 saturated carbocycles. The van der Waals surface area contributed by atoms with Crippen molar-refractivity contribution in [3.8, 4) is 0 Å². The fourth-order valence-corrected chi connectivity index (χ4v) is 2.66. The van der Waals surface area contributed by atoms with Crippen molar-refractivity contribution in [3.63, 3.8) is 0 Å². The van der Waals surface area contributed by atoms with Gasteiger partial charge in [-0.15, -0.1) is 0 Å². The van der Waals surface area contributed by atoms with Crippen LogP contribution in [0.4, 0.5) is 0 Å². The summed E-state index contributed by atoms with van der Waals surface area (Å²) in [6.07, 6.45) is 1.49. The Bertz CT molecular complexity index is 592. The molecule has 0 radical (unpaired) electrons. The Kier molecular flexibility index (Phi) is 4.61. The molecular formula is C15H19N3O5. The van der Waals surface area contributed by atoms with E-state index in [0.717, 1.165) is 0 Å². The predicted molar refractivity (Wildman–Crippen MR) is 79.5 cm³/mol. The van der Waals surface area contributed by atoms with Crippen molar-refractivity contribution >= 4 is 17.8 Å². The molecule has 0 spiro atoms. The molecule has 1 saturated heterocycles. The van der Waals surface area contributed by atoms with Crippen molar-refractivity contribution in [1.29, 1.82) is 0 Å². The summed E-state index contributed by atoms with van der Waals surface area (Å²) in [5.74, 6) is -1.17. The smallest absolute Gasteiger partial charge is 0.321 e. The molecule has 2 aliphatic rings. The highest BCUT2D eigenvalue weighted by molar-refractivity contribution is 6.08. The number of aliphatic imine (C=N–C) groups is 1. The van der Waals surface area contributed by atoms with Gasteiger partial charge in [0.2, 0.25) is 11.9 Å². The van der Waals surface area contributed by atoms with Gasteiger partial charge in [-0.1, -0.05) is 0 Å². The normalized spacial score (nSPS) is 24.8. The van der Waals surface area contributed by atoms with Crippen LogP contribution in [-0.2, 0) is 19.1 Å². The zero-order valence-corrected chi connectivity index (χ0v) is 12.9. The molecule has 8 nitrogen and oxygen atoms in total. The number of hydrogen-bond donors (Lipinski definition) is 1. The van der Waals surface area contributed by atoms with Gasteiger partial charge in [0.15, 0.2) is 5.92 Å². The molecule has 0 aromatic carbocycles. The molecule has 2 atom stereocenters. The lowest BCUT2D eigenvalue weighted by Crippen LogP contribution is -2.55. The van der Waals surface area contributed by atoms with E-state index in [9.17, 15) is 9.59 Å². The molecule has 8 heteroatoms. The van der Waals surface area contributed by atoms with E-state index in [2.05, 4.69) is 10.3 Å². The number of guanidine groups is 1. The van der Waals surface area contributed by atoms with E-state index < -0.39 is 23.8 Å². The molecule has 23 heavy (non-hydrogen) atoms. The number of carbonyl (C=O) groups excluding carboxylic acids is 2. The minimum absolute atomic E-state index is 0.202. The van der Waals surface area contributed by atoms with Crippen molar-refractivity contribution in [3.05, 3.63) is 24.2 Å². The van der Waals surface area contributed by atoms with Crippen molar-refractivity contribution in [2.24, 2.45) is 10.9 Å². The van der Waals surface area contributed by atoms with Crippen molar-refractivity contribution in [2.45, 2.75) is 13.0 Å². The molecule has 0 unspecified atom stereocenters. The predicted octanol–water partition coefficient (Wildman–Crippen LogP) is 0.318.